The highest BCUT2D eigenvalue weighted by atomic mass is 31.1. The van der Waals surface area contributed by atoms with Crippen LogP contribution in [0.3, 0.4) is 0 Å². The lowest BCUT2D eigenvalue weighted by molar-refractivity contribution is 0.464. The normalized spacial score (nSPS) is 12.2. The van der Waals surface area contributed by atoms with Crippen molar-refractivity contribution in [2.24, 2.45) is 0 Å². The Kier molecular flexibility index (Phi) is 5.94. The average Bonchev–Trinajstić information content (AvgIpc) is 3.35. The van der Waals surface area contributed by atoms with Gasteiger partial charge in [0, 0.05) is 39.1 Å². The van der Waals surface area contributed by atoms with E-state index < -0.39 is 16.0 Å². The smallest absolute Gasteiger partial charge is 0.256 e. The fourth-order valence-corrected chi connectivity index (χ4v) is 8.86. The largest absolute Gasteiger partial charge is 0.454 e. The maximum absolute atomic E-state index is 6.89. The van der Waals surface area contributed by atoms with Gasteiger partial charge in [0.05, 0.1) is 0 Å². The van der Waals surface area contributed by atoms with Crippen molar-refractivity contribution < 1.29 is 21.5 Å². The van der Waals surface area contributed by atoms with E-state index in [0.29, 0.717) is 6.42 Å². The molecule has 7 heteroatoms. The lowest BCUT2D eigenvalue weighted by Gasteiger charge is -2.23. The number of ether oxygens (including phenoxy) is 1. The van der Waals surface area contributed by atoms with Crippen molar-refractivity contribution in [2.75, 3.05) is 0 Å². The minimum atomic E-state index is -1.55. The molecule has 0 bridgehead atoms. The van der Waals surface area contributed by atoms with E-state index in [4.69, 9.17) is 21.5 Å². The molecule has 0 saturated carbocycles. The van der Waals surface area contributed by atoms with Crippen LogP contribution in [-0.4, -0.2) is 0 Å². The van der Waals surface area contributed by atoms with Crippen LogP contribution < -0.4 is 4.74 Å². The van der Waals surface area contributed by atoms with Crippen LogP contribution in [0.4, 0.5) is 0 Å². The van der Waals surface area contributed by atoms with Gasteiger partial charge in [0.25, 0.3) is 16.0 Å². The second kappa shape index (κ2) is 10.3. The summed E-state index contributed by atoms with van der Waals surface area (Å²) in [6.45, 7) is 0. The number of para-hydroxylation sites is 6. The highest BCUT2D eigenvalue weighted by molar-refractivity contribution is 7.46. The number of hydrogen-bond acceptors (Lipinski definition) is 5. The van der Waals surface area contributed by atoms with Crippen LogP contribution in [0.25, 0.3) is 54.5 Å². The topological polar surface area (TPSA) is 61.8 Å². The third-order valence-corrected chi connectivity index (χ3v) is 10.9. The average molecular weight is 611 g/mol. The maximum Gasteiger partial charge on any atom is 0.256 e. The van der Waals surface area contributed by atoms with Gasteiger partial charge in [0.1, 0.15) is 44.4 Å². The summed E-state index contributed by atoms with van der Waals surface area (Å²) in [5.41, 5.74) is 5.33. The zero-order valence-electron chi connectivity index (χ0n) is 23.3. The van der Waals surface area contributed by atoms with Gasteiger partial charge in [-0.25, -0.2) is 0 Å². The van der Waals surface area contributed by atoms with Gasteiger partial charge in [-0.2, -0.15) is 0 Å². The van der Waals surface area contributed by atoms with Crippen molar-refractivity contribution in [2.45, 2.75) is 6.42 Å². The third kappa shape index (κ3) is 4.17. The molecule has 1 aliphatic rings. The number of fused-ring (bicyclic) bond motifs is 8. The number of rotatable bonds is 2. The molecule has 212 valence electrons. The van der Waals surface area contributed by atoms with Crippen LogP contribution in [0.15, 0.2) is 150 Å². The molecule has 9 rings (SSSR count). The Morgan fingerprint density at radius 1 is 0.364 bits per heavy atom. The SMILES string of the molecule is c1cc2c(c(-p3oc4ccccc4c4ccccc4o3)c1)Oc1c(cccc1-p1oc3ccccc3c3ccccc3o1)C2. The van der Waals surface area contributed by atoms with Crippen molar-refractivity contribution in [3.63, 3.8) is 0 Å². The Morgan fingerprint density at radius 3 is 1.07 bits per heavy atom. The molecule has 0 spiro atoms. The van der Waals surface area contributed by atoms with Gasteiger partial charge in [-0.05, 0) is 36.4 Å². The van der Waals surface area contributed by atoms with E-state index in [1.807, 2.05) is 84.9 Å². The standard InChI is InChI=1S/C37H24O5P2/c1-5-17-30-26(13-1)27-14-2-6-18-31(27)40-43(39-30)34-21-9-11-24-23-25-12-10-22-35(37(25)38-36(24)34)44-41-32-19-7-3-15-28(32)29-16-4-8-20-33(29)42-44/h1-22H,23H2. The Balaban J connectivity index is 1.26. The fourth-order valence-electron chi connectivity index (χ4n) is 5.92. The number of hydrogen-bond donors (Lipinski definition) is 0. The minimum absolute atomic E-state index is 0.707. The van der Waals surface area contributed by atoms with E-state index in [2.05, 4.69) is 48.5 Å². The molecule has 0 unspecified atom stereocenters. The van der Waals surface area contributed by atoms with E-state index in [9.17, 15) is 0 Å². The van der Waals surface area contributed by atoms with Crippen LogP contribution >= 0.6 is 16.0 Å². The summed E-state index contributed by atoms with van der Waals surface area (Å²) >= 11 is 0. The Hall–Kier alpha value is -5.08. The second-order valence-electron chi connectivity index (χ2n) is 10.7. The predicted octanol–water partition coefficient (Wildman–Crippen LogP) is 12.6. The summed E-state index contributed by atoms with van der Waals surface area (Å²) in [6.07, 6.45) is 0.707. The first-order valence-electron chi connectivity index (χ1n) is 14.4. The fraction of sp³-hybridized carbons (Fsp3) is 0.0270. The molecule has 2 aromatic heterocycles. The molecule has 3 heterocycles. The minimum Gasteiger partial charge on any atom is -0.454 e. The summed E-state index contributed by atoms with van der Waals surface area (Å²) in [5.74, 6) is 1.53. The molecular weight excluding hydrogens is 586 g/mol. The first-order valence-corrected chi connectivity index (χ1v) is 16.8. The molecule has 5 nitrogen and oxygen atoms in total. The van der Waals surface area contributed by atoms with Gasteiger partial charge in [-0.3, -0.25) is 0 Å². The first kappa shape index (κ1) is 25.4. The molecule has 44 heavy (non-hydrogen) atoms. The van der Waals surface area contributed by atoms with Gasteiger partial charge < -0.3 is 21.5 Å². The van der Waals surface area contributed by atoms with Gasteiger partial charge in [0.2, 0.25) is 0 Å². The van der Waals surface area contributed by atoms with Crippen LogP contribution in [0.2, 0.25) is 0 Å². The maximum atomic E-state index is 6.89. The molecule has 0 saturated heterocycles. The zero-order valence-corrected chi connectivity index (χ0v) is 25.1. The molecule has 6 aromatic carbocycles. The molecule has 0 fully saturated rings. The van der Waals surface area contributed by atoms with Crippen molar-refractivity contribution in [1.29, 1.82) is 0 Å². The molecule has 0 aliphatic carbocycles. The molecule has 1 aliphatic heterocycles. The summed E-state index contributed by atoms with van der Waals surface area (Å²) in [7, 11) is -3.10. The van der Waals surface area contributed by atoms with Gasteiger partial charge in [-0.15, -0.1) is 0 Å². The number of benzene rings is 6. The van der Waals surface area contributed by atoms with E-state index in [1.54, 1.807) is 0 Å². The van der Waals surface area contributed by atoms with Gasteiger partial charge in [0.15, 0.2) is 0 Å². The predicted molar refractivity (Wildman–Crippen MR) is 178 cm³/mol. The summed E-state index contributed by atoms with van der Waals surface area (Å²) < 4.78 is 33.4. The lowest BCUT2D eigenvalue weighted by Crippen LogP contribution is -2.04. The highest BCUT2D eigenvalue weighted by Gasteiger charge is 2.27. The van der Waals surface area contributed by atoms with E-state index in [-0.39, 0.29) is 0 Å². The van der Waals surface area contributed by atoms with Crippen molar-refractivity contribution in [3.8, 4) is 22.1 Å². The Labute approximate surface area is 254 Å². The first-order chi connectivity index (χ1) is 21.8. The lowest BCUT2D eigenvalue weighted by atomic mass is 10.0. The van der Waals surface area contributed by atoms with Crippen LogP contribution in [0, 0.1) is 0 Å². The van der Waals surface area contributed by atoms with Crippen LogP contribution in [0.1, 0.15) is 11.1 Å². The third-order valence-electron chi connectivity index (χ3n) is 7.98. The zero-order chi connectivity index (χ0) is 29.0. The summed E-state index contributed by atoms with van der Waals surface area (Å²) in [5, 5.41) is 5.82. The molecule has 8 aromatic rings. The van der Waals surface area contributed by atoms with Crippen molar-refractivity contribution >= 4 is 59.9 Å². The molecule has 0 atom stereocenters. The van der Waals surface area contributed by atoms with E-state index in [1.165, 1.54) is 0 Å². The Morgan fingerprint density at radius 2 is 0.705 bits per heavy atom. The second-order valence-corrected chi connectivity index (χ2v) is 13.4. The van der Waals surface area contributed by atoms with E-state index in [0.717, 1.165) is 77.1 Å². The van der Waals surface area contributed by atoms with E-state index >= 15 is 0 Å². The van der Waals surface area contributed by atoms with Gasteiger partial charge in [-0.1, -0.05) is 97.1 Å². The molecule has 0 N–H and O–H groups in total. The van der Waals surface area contributed by atoms with Crippen molar-refractivity contribution in [3.05, 3.63) is 145 Å². The van der Waals surface area contributed by atoms with Crippen LogP contribution in [0.5, 0.6) is 11.5 Å². The highest BCUT2D eigenvalue weighted by Crippen LogP contribution is 2.56. The molecule has 0 amide bonds. The summed E-state index contributed by atoms with van der Waals surface area (Å²) in [4.78, 5) is 0. The Bertz CT molecular complexity index is 2190. The quantitative estimate of drug-likeness (QED) is 0.195. The monoisotopic (exact) mass is 610 g/mol. The molecule has 0 radical (unpaired) electrons. The van der Waals surface area contributed by atoms with Crippen molar-refractivity contribution in [1.82, 2.24) is 0 Å². The van der Waals surface area contributed by atoms with Gasteiger partial charge >= 0.3 is 0 Å². The van der Waals surface area contributed by atoms with Crippen LogP contribution in [-0.2, 0) is 6.42 Å². The summed E-state index contributed by atoms with van der Waals surface area (Å²) in [6, 6.07) is 44.8. The molecular formula is C37H24O5P2.